The summed E-state index contributed by atoms with van der Waals surface area (Å²) in [4.78, 5) is 7.58. The first-order valence-corrected chi connectivity index (χ1v) is 9.16. The number of hydrogen-bond donors (Lipinski definition) is 0. The third-order valence-electron chi connectivity index (χ3n) is 3.79. The standard InChI is InChI=1S/C16H11F5N2O3S/c1-2-27(24,25)12-4-3-7-22-13(12)14-23-10-8-9(5-6-11(10)26-14)15(17,18)16(19,20)21/h3-8H,2H2,1H3. The van der Waals surface area contributed by atoms with Crippen LogP contribution in [0.4, 0.5) is 22.0 Å². The zero-order valence-corrected chi connectivity index (χ0v) is 14.4. The second-order valence-corrected chi connectivity index (χ2v) is 7.77. The first-order valence-electron chi connectivity index (χ1n) is 7.51. The third kappa shape index (κ3) is 3.27. The molecule has 0 fully saturated rings. The van der Waals surface area contributed by atoms with Crippen molar-refractivity contribution in [2.75, 3.05) is 5.75 Å². The highest BCUT2D eigenvalue weighted by molar-refractivity contribution is 7.91. The van der Waals surface area contributed by atoms with Gasteiger partial charge in [0.1, 0.15) is 11.2 Å². The molecule has 0 spiro atoms. The fourth-order valence-electron chi connectivity index (χ4n) is 2.35. The average molecular weight is 406 g/mol. The molecule has 3 aromatic rings. The summed E-state index contributed by atoms with van der Waals surface area (Å²) in [5, 5.41) is 0. The number of sulfone groups is 1. The van der Waals surface area contributed by atoms with Crippen LogP contribution in [0.25, 0.3) is 22.7 Å². The predicted molar refractivity (Wildman–Crippen MR) is 84.9 cm³/mol. The first-order chi connectivity index (χ1) is 12.5. The molecule has 5 nitrogen and oxygen atoms in total. The predicted octanol–water partition coefficient (Wildman–Crippen LogP) is 4.34. The highest BCUT2D eigenvalue weighted by atomic mass is 32.2. The summed E-state index contributed by atoms with van der Waals surface area (Å²) in [5.74, 6) is -5.60. The van der Waals surface area contributed by atoms with Crippen molar-refractivity contribution in [2.45, 2.75) is 23.9 Å². The normalized spacial score (nSPS) is 13.3. The number of fused-ring (bicyclic) bond motifs is 1. The lowest BCUT2D eigenvalue weighted by Gasteiger charge is -2.19. The van der Waals surface area contributed by atoms with Gasteiger partial charge in [0.2, 0.25) is 5.89 Å². The Morgan fingerprint density at radius 1 is 1.11 bits per heavy atom. The van der Waals surface area contributed by atoms with E-state index in [0.29, 0.717) is 12.1 Å². The van der Waals surface area contributed by atoms with E-state index < -0.39 is 27.5 Å². The number of pyridine rings is 1. The lowest BCUT2D eigenvalue weighted by atomic mass is 10.1. The van der Waals surface area contributed by atoms with E-state index in [0.717, 1.165) is 6.07 Å². The Morgan fingerprint density at radius 2 is 1.81 bits per heavy atom. The van der Waals surface area contributed by atoms with Crippen molar-refractivity contribution >= 4 is 20.9 Å². The minimum absolute atomic E-state index is 0.0859. The Labute approximate surface area is 149 Å². The first kappa shape index (κ1) is 19.2. The van der Waals surface area contributed by atoms with Gasteiger partial charge in [0, 0.05) is 11.8 Å². The molecule has 0 unspecified atom stereocenters. The van der Waals surface area contributed by atoms with Gasteiger partial charge in [0.25, 0.3) is 0 Å². The molecular formula is C16H11F5N2O3S. The van der Waals surface area contributed by atoms with Crippen LogP contribution in [0.2, 0.25) is 0 Å². The van der Waals surface area contributed by atoms with Crippen molar-refractivity contribution < 1.29 is 34.8 Å². The molecule has 0 saturated heterocycles. The number of aromatic nitrogens is 2. The van der Waals surface area contributed by atoms with Gasteiger partial charge in [0.05, 0.1) is 10.6 Å². The third-order valence-corrected chi connectivity index (χ3v) is 5.55. The van der Waals surface area contributed by atoms with Gasteiger partial charge in [-0.25, -0.2) is 18.4 Å². The number of rotatable bonds is 4. The lowest BCUT2D eigenvalue weighted by molar-refractivity contribution is -0.289. The number of nitrogens with zero attached hydrogens (tertiary/aromatic N) is 2. The molecule has 2 heterocycles. The fraction of sp³-hybridized carbons (Fsp3) is 0.250. The van der Waals surface area contributed by atoms with Gasteiger partial charge in [-0.3, -0.25) is 0 Å². The Bertz CT molecular complexity index is 1110. The number of alkyl halides is 5. The van der Waals surface area contributed by atoms with Crippen LogP contribution in [-0.4, -0.2) is 30.3 Å². The molecule has 0 aliphatic rings. The van der Waals surface area contributed by atoms with E-state index in [1.165, 1.54) is 25.3 Å². The topological polar surface area (TPSA) is 73.1 Å². The molecule has 3 rings (SSSR count). The van der Waals surface area contributed by atoms with Crippen LogP contribution in [0.15, 0.2) is 45.8 Å². The SMILES string of the molecule is CCS(=O)(=O)c1cccnc1-c1nc2cc(C(F)(F)C(F)(F)F)ccc2o1. The summed E-state index contributed by atoms with van der Waals surface area (Å²) in [7, 11) is -3.70. The fourth-order valence-corrected chi connectivity index (χ4v) is 3.38. The van der Waals surface area contributed by atoms with Crippen LogP contribution in [-0.2, 0) is 15.8 Å². The number of benzene rings is 1. The lowest BCUT2D eigenvalue weighted by Crippen LogP contribution is -2.33. The molecule has 0 saturated carbocycles. The molecule has 0 bridgehead atoms. The zero-order chi connectivity index (χ0) is 20.0. The van der Waals surface area contributed by atoms with Crippen LogP contribution in [0.3, 0.4) is 0 Å². The molecule has 0 atom stereocenters. The smallest absolute Gasteiger partial charge is 0.435 e. The summed E-state index contributed by atoms with van der Waals surface area (Å²) in [6.07, 6.45) is -4.49. The maximum absolute atomic E-state index is 13.5. The molecule has 0 radical (unpaired) electrons. The molecule has 0 aliphatic carbocycles. The van der Waals surface area contributed by atoms with E-state index >= 15 is 0 Å². The van der Waals surface area contributed by atoms with Crippen LogP contribution >= 0.6 is 0 Å². The van der Waals surface area contributed by atoms with Crippen LogP contribution in [0.5, 0.6) is 0 Å². The Balaban J connectivity index is 2.15. The molecule has 0 amide bonds. The Kier molecular flexibility index (Phi) is 4.45. The van der Waals surface area contributed by atoms with Crippen LogP contribution < -0.4 is 0 Å². The Hall–Kier alpha value is -2.56. The van der Waals surface area contributed by atoms with Crippen molar-refractivity contribution in [3.05, 3.63) is 42.1 Å². The summed E-state index contributed by atoms with van der Waals surface area (Å²) < 4.78 is 94.3. The highest BCUT2D eigenvalue weighted by Gasteiger charge is 2.58. The number of hydrogen-bond acceptors (Lipinski definition) is 5. The quantitative estimate of drug-likeness (QED) is 0.603. The maximum Gasteiger partial charge on any atom is 0.458 e. The number of halogens is 5. The molecule has 0 aliphatic heterocycles. The van der Waals surface area contributed by atoms with Gasteiger partial charge in [-0.1, -0.05) is 6.92 Å². The molecule has 11 heteroatoms. The van der Waals surface area contributed by atoms with Crippen LogP contribution in [0, 0.1) is 0 Å². The molecule has 0 N–H and O–H groups in total. The monoisotopic (exact) mass is 406 g/mol. The van der Waals surface area contributed by atoms with E-state index in [9.17, 15) is 30.4 Å². The van der Waals surface area contributed by atoms with Gasteiger partial charge in [-0.15, -0.1) is 0 Å². The molecule has 2 aromatic heterocycles. The molecule has 27 heavy (non-hydrogen) atoms. The second-order valence-electron chi connectivity index (χ2n) is 5.53. The summed E-state index contributed by atoms with van der Waals surface area (Å²) in [6, 6.07) is 4.70. The van der Waals surface area contributed by atoms with Gasteiger partial charge in [-0.05, 0) is 30.3 Å². The van der Waals surface area contributed by atoms with Crippen molar-refractivity contribution in [1.29, 1.82) is 0 Å². The van der Waals surface area contributed by atoms with E-state index in [2.05, 4.69) is 9.97 Å². The van der Waals surface area contributed by atoms with Gasteiger partial charge in [-0.2, -0.15) is 22.0 Å². The van der Waals surface area contributed by atoms with E-state index in [4.69, 9.17) is 4.42 Å². The maximum atomic E-state index is 13.5. The summed E-state index contributed by atoms with van der Waals surface area (Å²) >= 11 is 0. The van der Waals surface area contributed by atoms with Crippen LogP contribution in [0.1, 0.15) is 12.5 Å². The molecule has 144 valence electrons. The minimum Gasteiger partial charge on any atom is -0.435 e. The average Bonchev–Trinajstić information content (AvgIpc) is 3.04. The minimum atomic E-state index is -5.77. The van der Waals surface area contributed by atoms with Crippen molar-refractivity contribution in [2.24, 2.45) is 0 Å². The van der Waals surface area contributed by atoms with Gasteiger partial charge >= 0.3 is 12.1 Å². The molecule has 1 aromatic carbocycles. The summed E-state index contributed by atoms with van der Waals surface area (Å²) in [5.41, 5.74) is -1.82. The van der Waals surface area contributed by atoms with E-state index in [-0.39, 0.29) is 33.3 Å². The summed E-state index contributed by atoms with van der Waals surface area (Å²) in [6.45, 7) is 1.42. The zero-order valence-electron chi connectivity index (χ0n) is 13.6. The highest BCUT2D eigenvalue weighted by Crippen LogP contribution is 2.44. The molecular weight excluding hydrogens is 395 g/mol. The number of oxazole rings is 1. The van der Waals surface area contributed by atoms with Crippen molar-refractivity contribution in [1.82, 2.24) is 9.97 Å². The van der Waals surface area contributed by atoms with Gasteiger partial charge in [0.15, 0.2) is 15.4 Å². The second kappa shape index (κ2) is 6.25. The van der Waals surface area contributed by atoms with E-state index in [1.54, 1.807) is 0 Å². The van der Waals surface area contributed by atoms with E-state index in [1.807, 2.05) is 0 Å². The largest absolute Gasteiger partial charge is 0.458 e. The van der Waals surface area contributed by atoms with Crippen molar-refractivity contribution in [3.8, 4) is 11.6 Å². The Morgan fingerprint density at radius 3 is 2.44 bits per heavy atom. The van der Waals surface area contributed by atoms with Crippen molar-refractivity contribution in [3.63, 3.8) is 0 Å². The van der Waals surface area contributed by atoms with Gasteiger partial charge < -0.3 is 4.42 Å².